The van der Waals surface area contributed by atoms with Crippen LogP contribution in [0, 0.1) is 0 Å². The number of allylic oxidation sites excluding steroid dienone is 1. The molecule has 4 aromatic rings. The summed E-state index contributed by atoms with van der Waals surface area (Å²) in [5, 5.41) is 3.07. The zero-order valence-electron chi connectivity index (χ0n) is 18.6. The van der Waals surface area contributed by atoms with E-state index in [1.807, 2.05) is 78.9 Å². The molecule has 33 heavy (non-hydrogen) atoms. The molecule has 3 aromatic carbocycles. The fourth-order valence-corrected chi connectivity index (χ4v) is 4.36. The van der Waals surface area contributed by atoms with Crippen molar-refractivity contribution in [3.05, 3.63) is 96.1 Å². The maximum absolute atomic E-state index is 12.8. The lowest BCUT2D eigenvalue weighted by Crippen LogP contribution is -2.24. The van der Waals surface area contributed by atoms with Crippen LogP contribution in [-0.4, -0.2) is 22.4 Å². The molecular weight excluding hydrogens is 406 g/mol. The maximum atomic E-state index is 12.8. The molecule has 4 nitrogen and oxygen atoms in total. The van der Waals surface area contributed by atoms with Gasteiger partial charge in [-0.3, -0.25) is 4.79 Å². The van der Waals surface area contributed by atoms with Crippen molar-refractivity contribution in [3.63, 3.8) is 0 Å². The Morgan fingerprint density at radius 3 is 2.09 bits per heavy atom. The smallest absolute Gasteiger partial charge is 0.251 e. The van der Waals surface area contributed by atoms with Gasteiger partial charge < -0.3 is 5.32 Å². The topological polar surface area (TPSA) is 54.9 Å². The summed E-state index contributed by atoms with van der Waals surface area (Å²) in [6.07, 6.45) is 8.13. The number of nitrogens with one attached hydrogen (secondary N) is 1. The van der Waals surface area contributed by atoms with Gasteiger partial charge in [-0.05, 0) is 50.3 Å². The molecular formula is C29H27N3O. The Morgan fingerprint density at radius 1 is 0.788 bits per heavy atom. The molecule has 0 radical (unpaired) electrons. The molecule has 1 aliphatic carbocycles. The lowest BCUT2D eigenvalue weighted by atomic mass is 9.97. The van der Waals surface area contributed by atoms with E-state index in [1.165, 1.54) is 24.8 Å². The highest BCUT2D eigenvalue weighted by Crippen LogP contribution is 2.31. The van der Waals surface area contributed by atoms with Crippen LogP contribution in [0.4, 0.5) is 0 Å². The third kappa shape index (κ3) is 4.85. The number of rotatable bonds is 6. The second-order valence-electron chi connectivity index (χ2n) is 8.47. The van der Waals surface area contributed by atoms with Gasteiger partial charge in [0.1, 0.15) is 0 Å². The van der Waals surface area contributed by atoms with Gasteiger partial charge in [0.2, 0.25) is 0 Å². The highest BCUT2D eigenvalue weighted by molar-refractivity contribution is 5.98. The number of hydrogen-bond acceptors (Lipinski definition) is 3. The first-order valence-corrected chi connectivity index (χ1v) is 11.7. The molecule has 5 rings (SSSR count). The molecule has 0 unspecified atom stereocenters. The Labute approximate surface area is 194 Å². The number of hydrogen-bond donors (Lipinski definition) is 1. The van der Waals surface area contributed by atoms with Crippen molar-refractivity contribution in [2.75, 3.05) is 6.54 Å². The Kier molecular flexibility index (Phi) is 6.25. The normalized spacial score (nSPS) is 13.5. The summed E-state index contributed by atoms with van der Waals surface area (Å²) in [5.41, 5.74) is 7.25. The number of amides is 1. The fraction of sp³-hybridized carbons (Fsp3) is 0.207. The molecule has 164 valence electrons. The number of carbonyl (C=O) groups is 1. The van der Waals surface area contributed by atoms with Crippen molar-refractivity contribution in [1.82, 2.24) is 15.3 Å². The molecule has 0 saturated carbocycles. The van der Waals surface area contributed by atoms with Crippen LogP contribution < -0.4 is 5.32 Å². The fourth-order valence-electron chi connectivity index (χ4n) is 4.36. The van der Waals surface area contributed by atoms with Gasteiger partial charge in [-0.15, -0.1) is 0 Å². The van der Waals surface area contributed by atoms with E-state index < -0.39 is 0 Å². The van der Waals surface area contributed by atoms with Gasteiger partial charge in [-0.1, -0.05) is 72.3 Å². The van der Waals surface area contributed by atoms with E-state index in [0.717, 1.165) is 46.4 Å². The molecule has 4 heteroatoms. The zero-order chi connectivity index (χ0) is 22.5. The van der Waals surface area contributed by atoms with Crippen LogP contribution in [0.3, 0.4) is 0 Å². The zero-order valence-corrected chi connectivity index (χ0v) is 18.6. The third-order valence-corrected chi connectivity index (χ3v) is 6.14. The van der Waals surface area contributed by atoms with Crippen molar-refractivity contribution in [1.29, 1.82) is 0 Å². The molecule has 1 aliphatic rings. The number of aromatic nitrogens is 2. The Bertz CT molecular complexity index is 1300. The molecule has 0 bridgehead atoms. The van der Waals surface area contributed by atoms with E-state index in [0.29, 0.717) is 12.1 Å². The van der Waals surface area contributed by atoms with E-state index in [4.69, 9.17) is 9.97 Å². The molecule has 0 fully saturated rings. The average Bonchev–Trinajstić information content (AvgIpc) is 2.89. The lowest BCUT2D eigenvalue weighted by molar-refractivity contribution is 0.0954. The quantitative estimate of drug-likeness (QED) is 0.349. The summed E-state index contributed by atoms with van der Waals surface area (Å²) in [6.45, 7) is 0.663. The predicted molar refractivity (Wildman–Crippen MR) is 134 cm³/mol. The lowest BCUT2D eigenvalue weighted by Gasteiger charge is -2.13. The number of benzene rings is 3. The molecule has 1 heterocycles. The average molecular weight is 434 g/mol. The van der Waals surface area contributed by atoms with Crippen LogP contribution >= 0.6 is 0 Å². The van der Waals surface area contributed by atoms with Crippen LogP contribution in [0.2, 0.25) is 0 Å². The van der Waals surface area contributed by atoms with Crippen LogP contribution in [-0.2, 0) is 0 Å². The molecule has 0 atom stereocenters. The van der Waals surface area contributed by atoms with Crippen molar-refractivity contribution >= 4 is 16.9 Å². The third-order valence-electron chi connectivity index (χ3n) is 6.14. The molecule has 0 saturated heterocycles. The van der Waals surface area contributed by atoms with Gasteiger partial charge in [-0.25, -0.2) is 9.97 Å². The predicted octanol–water partition coefficient (Wildman–Crippen LogP) is 6.58. The number of nitrogens with zero attached hydrogens (tertiary/aromatic N) is 2. The number of fused-ring (bicyclic) bond motifs is 1. The van der Waals surface area contributed by atoms with Crippen molar-refractivity contribution in [3.8, 4) is 22.5 Å². The van der Waals surface area contributed by atoms with Gasteiger partial charge in [-0.2, -0.15) is 0 Å². The summed E-state index contributed by atoms with van der Waals surface area (Å²) in [5.74, 6) is -0.0662. The van der Waals surface area contributed by atoms with Gasteiger partial charge in [0, 0.05) is 23.2 Å². The molecule has 0 spiro atoms. The molecule has 1 aromatic heterocycles. The van der Waals surface area contributed by atoms with Gasteiger partial charge in [0.25, 0.3) is 5.91 Å². The van der Waals surface area contributed by atoms with E-state index in [-0.39, 0.29) is 5.91 Å². The van der Waals surface area contributed by atoms with E-state index in [9.17, 15) is 4.79 Å². The van der Waals surface area contributed by atoms with Crippen LogP contribution in [0.5, 0.6) is 0 Å². The van der Waals surface area contributed by atoms with E-state index in [2.05, 4.69) is 11.4 Å². The summed E-state index contributed by atoms with van der Waals surface area (Å²) >= 11 is 0. The number of carbonyl (C=O) groups excluding carboxylic acids is 1. The van der Waals surface area contributed by atoms with Crippen molar-refractivity contribution in [2.24, 2.45) is 0 Å². The Balaban J connectivity index is 1.45. The van der Waals surface area contributed by atoms with Crippen LogP contribution in [0.1, 0.15) is 42.5 Å². The minimum absolute atomic E-state index is 0.0662. The molecule has 1 amide bonds. The first-order valence-electron chi connectivity index (χ1n) is 11.7. The second-order valence-corrected chi connectivity index (χ2v) is 8.47. The van der Waals surface area contributed by atoms with Gasteiger partial charge >= 0.3 is 0 Å². The molecule has 0 aliphatic heterocycles. The largest absolute Gasteiger partial charge is 0.352 e. The van der Waals surface area contributed by atoms with Gasteiger partial charge in [0.15, 0.2) is 0 Å². The first-order chi connectivity index (χ1) is 16.3. The highest BCUT2D eigenvalue weighted by atomic mass is 16.1. The first kappa shape index (κ1) is 21.1. The Morgan fingerprint density at radius 2 is 1.45 bits per heavy atom. The maximum Gasteiger partial charge on any atom is 0.251 e. The minimum Gasteiger partial charge on any atom is -0.352 e. The highest BCUT2D eigenvalue weighted by Gasteiger charge is 2.15. The monoisotopic (exact) mass is 433 g/mol. The van der Waals surface area contributed by atoms with Crippen LogP contribution in [0.15, 0.2) is 90.5 Å². The molecule has 1 N–H and O–H groups in total. The standard InChI is InChI=1S/C29H27N3O/c33-29(30-19-18-21-10-4-1-5-11-21)24-16-17-25-26(20-24)32-28(23-14-8-3-9-15-23)27(31-25)22-12-6-2-7-13-22/h2-3,6-10,12-17,20H,1,4-5,11,18-19H2,(H,30,33). The summed E-state index contributed by atoms with van der Waals surface area (Å²) in [7, 11) is 0. The SMILES string of the molecule is O=C(NCCC1=CCCCC1)c1ccc2nc(-c3ccccc3)c(-c3ccccc3)nc2c1. The summed E-state index contributed by atoms with van der Waals surface area (Å²) < 4.78 is 0. The van der Waals surface area contributed by atoms with Crippen LogP contribution in [0.25, 0.3) is 33.5 Å². The van der Waals surface area contributed by atoms with Gasteiger partial charge in [0.05, 0.1) is 22.4 Å². The second kappa shape index (κ2) is 9.78. The summed E-state index contributed by atoms with van der Waals surface area (Å²) in [4.78, 5) is 22.7. The minimum atomic E-state index is -0.0662. The van der Waals surface area contributed by atoms with Crippen molar-refractivity contribution in [2.45, 2.75) is 32.1 Å². The van der Waals surface area contributed by atoms with Crippen molar-refractivity contribution < 1.29 is 4.79 Å². The van der Waals surface area contributed by atoms with E-state index in [1.54, 1.807) is 0 Å². The summed E-state index contributed by atoms with van der Waals surface area (Å²) in [6, 6.07) is 25.8. The Hall–Kier alpha value is -3.79. The van der Waals surface area contributed by atoms with E-state index >= 15 is 0 Å².